The van der Waals surface area contributed by atoms with E-state index in [1.165, 1.54) is 4.68 Å². The van der Waals surface area contributed by atoms with E-state index in [4.69, 9.17) is 4.74 Å². The highest BCUT2D eigenvalue weighted by Crippen LogP contribution is 2.28. The number of rotatable bonds is 3. The van der Waals surface area contributed by atoms with Crippen LogP contribution in [0.1, 0.15) is 16.1 Å². The van der Waals surface area contributed by atoms with Gasteiger partial charge in [-0.2, -0.15) is 5.10 Å². The van der Waals surface area contributed by atoms with Crippen LogP contribution >= 0.6 is 0 Å². The van der Waals surface area contributed by atoms with Gasteiger partial charge in [-0.25, -0.2) is 9.67 Å². The molecular weight excluding hydrogens is 370 g/mol. The zero-order valence-electron chi connectivity index (χ0n) is 16.8. The Labute approximate surface area is 168 Å². The molecule has 0 spiro atoms. The van der Waals surface area contributed by atoms with Crippen LogP contribution in [-0.4, -0.2) is 58.9 Å². The maximum atomic E-state index is 13.2. The lowest BCUT2D eigenvalue weighted by Gasteiger charge is -2.36. The van der Waals surface area contributed by atoms with Gasteiger partial charge in [-0.05, 0) is 24.6 Å². The highest BCUT2D eigenvalue weighted by molar-refractivity contribution is 6.04. The van der Waals surface area contributed by atoms with Crippen molar-refractivity contribution in [2.75, 3.05) is 38.2 Å². The standard InChI is InChI=1S/C21H23N5O3/c1-14-12-17(19(29-3)22-13-14)25-8-10-26(11-9-25)21(28)18-15-6-4-5-7-16(15)20(27)24(2)23-18/h4-7,12-13H,8-11H2,1-3H3. The van der Waals surface area contributed by atoms with Crippen molar-refractivity contribution in [2.45, 2.75) is 6.92 Å². The SMILES string of the molecule is COc1ncc(C)cc1N1CCN(C(=O)c2nn(C)c(=O)c3ccccc23)CC1. The Bertz CT molecular complexity index is 1130. The largest absolute Gasteiger partial charge is 0.480 e. The highest BCUT2D eigenvalue weighted by Gasteiger charge is 2.27. The predicted molar refractivity (Wildman–Crippen MR) is 111 cm³/mol. The Morgan fingerprint density at radius 1 is 1.10 bits per heavy atom. The van der Waals surface area contributed by atoms with Crippen LogP contribution in [0.3, 0.4) is 0 Å². The first-order valence-electron chi connectivity index (χ1n) is 9.50. The molecule has 0 aliphatic carbocycles. The summed E-state index contributed by atoms with van der Waals surface area (Å²) in [5.74, 6) is 0.423. The van der Waals surface area contributed by atoms with Crippen molar-refractivity contribution < 1.29 is 9.53 Å². The molecule has 8 nitrogen and oxygen atoms in total. The van der Waals surface area contributed by atoms with Crippen LogP contribution in [0, 0.1) is 6.92 Å². The molecule has 0 radical (unpaired) electrons. The Kier molecular flexibility index (Phi) is 4.92. The molecule has 1 aliphatic rings. The minimum absolute atomic E-state index is 0.161. The van der Waals surface area contributed by atoms with Crippen molar-refractivity contribution >= 4 is 22.4 Å². The summed E-state index contributed by atoms with van der Waals surface area (Å²) in [4.78, 5) is 33.8. The number of aromatic nitrogens is 3. The van der Waals surface area contributed by atoms with E-state index < -0.39 is 0 Å². The summed E-state index contributed by atoms with van der Waals surface area (Å²) in [6.45, 7) is 4.42. The van der Waals surface area contributed by atoms with Gasteiger partial charge in [0.25, 0.3) is 11.5 Å². The van der Waals surface area contributed by atoms with E-state index in [1.54, 1.807) is 43.5 Å². The van der Waals surface area contributed by atoms with Crippen LogP contribution in [0.15, 0.2) is 41.3 Å². The van der Waals surface area contributed by atoms with Crippen molar-refractivity contribution in [3.05, 3.63) is 58.1 Å². The fourth-order valence-corrected chi connectivity index (χ4v) is 3.68. The lowest BCUT2D eigenvalue weighted by Crippen LogP contribution is -2.49. The molecule has 4 rings (SSSR count). The number of benzene rings is 1. The summed E-state index contributed by atoms with van der Waals surface area (Å²) < 4.78 is 6.63. The topological polar surface area (TPSA) is 80.6 Å². The number of amides is 1. The van der Waals surface area contributed by atoms with Gasteiger partial charge in [-0.1, -0.05) is 18.2 Å². The van der Waals surface area contributed by atoms with E-state index in [1.807, 2.05) is 19.1 Å². The molecule has 1 fully saturated rings. The molecule has 1 aromatic carbocycles. The Morgan fingerprint density at radius 3 is 2.48 bits per heavy atom. The molecule has 0 atom stereocenters. The van der Waals surface area contributed by atoms with Crippen LogP contribution in [0.5, 0.6) is 5.88 Å². The lowest BCUT2D eigenvalue weighted by molar-refractivity contribution is 0.0740. The first-order chi connectivity index (χ1) is 14.0. The number of carbonyl (C=O) groups is 1. The van der Waals surface area contributed by atoms with Gasteiger partial charge in [-0.15, -0.1) is 0 Å². The van der Waals surface area contributed by atoms with Gasteiger partial charge in [0.05, 0.1) is 12.5 Å². The number of hydrogen-bond donors (Lipinski definition) is 0. The zero-order valence-corrected chi connectivity index (χ0v) is 16.8. The number of piperazine rings is 1. The molecule has 8 heteroatoms. The second-order valence-electron chi connectivity index (χ2n) is 7.14. The van der Waals surface area contributed by atoms with Gasteiger partial charge < -0.3 is 14.5 Å². The second-order valence-corrected chi connectivity index (χ2v) is 7.14. The van der Waals surface area contributed by atoms with Gasteiger partial charge in [0.1, 0.15) is 5.69 Å². The number of aryl methyl sites for hydroxylation is 2. The first kappa shape index (κ1) is 18.9. The zero-order chi connectivity index (χ0) is 20.5. The Hall–Kier alpha value is -3.42. The lowest BCUT2D eigenvalue weighted by atomic mass is 10.1. The van der Waals surface area contributed by atoms with Crippen molar-refractivity contribution in [1.82, 2.24) is 19.7 Å². The summed E-state index contributed by atoms with van der Waals surface area (Å²) in [6, 6.07) is 9.15. The predicted octanol–water partition coefficient (Wildman–Crippen LogP) is 1.61. The summed E-state index contributed by atoms with van der Waals surface area (Å²) in [5, 5.41) is 5.35. The Balaban J connectivity index is 1.58. The molecular formula is C21H23N5O3. The van der Waals surface area contributed by atoms with Crippen LogP contribution < -0.4 is 15.2 Å². The maximum absolute atomic E-state index is 13.2. The van der Waals surface area contributed by atoms with E-state index in [2.05, 4.69) is 15.0 Å². The van der Waals surface area contributed by atoms with Gasteiger partial charge in [-0.3, -0.25) is 9.59 Å². The smallest absolute Gasteiger partial charge is 0.275 e. The average Bonchev–Trinajstić information content (AvgIpc) is 2.76. The molecule has 1 aliphatic heterocycles. The van der Waals surface area contributed by atoms with Crippen molar-refractivity contribution in [1.29, 1.82) is 0 Å². The molecule has 2 aromatic heterocycles. The summed E-state index contributed by atoms with van der Waals surface area (Å²) >= 11 is 0. The van der Waals surface area contributed by atoms with E-state index in [0.29, 0.717) is 48.5 Å². The molecule has 3 aromatic rings. The van der Waals surface area contributed by atoms with Gasteiger partial charge in [0.2, 0.25) is 5.88 Å². The number of carbonyl (C=O) groups excluding carboxylic acids is 1. The molecule has 150 valence electrons. The summed E-state index contributed by atoms with van der Waals surface area (Å²) in [6.07, 6.45) is 1.78. The first-order valence-corrected chi connectivity index (χ1v) is 9.50. The molecule has 0 N–H and O–H groups in total. The number of pyridine rings is 1. The number of hydrogen-bond acceptors (Lipinski definition) is 6. The fraction of sp³-hybridized carbons (Fsp3) is 0.333. The molecule has 29 heavy (non-hydrogen) atoms. The number of ether oxygens (including phenoxy) is 1. The van der Waals surface area contributed by atoms with E-state index in [0.717, 1.165) is 11.3 Å². The molecule has 1 amide bonds. The van der Waals surface area contributed by atoms with Crippen molar-refractivity contribution in [3.8, 4) is 5.88 Å². The fourth-order valence-electron chi connectivity index (χ4n) is 3.68. The Morgan fingerprint density at radius 2 is 1.79 bits per heavy atom. The van der Waals surface area contributed by atoms with Crippen LogP contribution in [0.4, 0.5) is 5.69 Å². The number of methoxy groups -OCH3 is 1. The van der Waals surface area contributed by atoms with E-state index in [9.17, 15) is 9.59 Å². The van der Waals surface area contributed by atoms with Gasteiger partial charge >= 0.3 is 0 Å². The maximum Gasteiger partial charge on any atom is 0.275 e. The third kappa shape index (κ3) is 3.41. The minimum Gasteiger partial charge on any atom is -0.480 e. The van der Waals surface area contributed by atoms with Gasteiger partial charge in [0.15, 0.2) is 5.69 Å². The van der Waals surface area contributed by atoms with Crippen molar-refractivity contribution in [3.63, 3.8) is 0 Å². The normalized spacial score (nSPS) is 14.3. The minimum atomic E-state index is -0.207. The van der Waals surface area contributed by atoms with Gasteiger partial charge in [0, 0.05) is 44.8 Å². The second kappa shape index (κ2) is 7.54. The van der Waals surface area contributed by atoms with E-state index >= 15 is 0 Å². The molecule has 0 unspecified atom stereocenters. The molecule has 0 saturated carbocycles. The van der Waals surface area contributed by atoms with E-state index in [-0.39, 0.29) is 11.5 Å². The summed E-state index contributed by atoms with van der Waals surface area (Å²) in [5.41, 5.74) is 2.09. The molecule has 3 heterocycles. The quantitative estimate of drug-likeness (QED) is 0.673. The number of fused-ring (bicyclic) bond motifs is 1. The van der Waals surface area contributed by atoms with Crippen LogP contribution in [0.2, 0.25) is 0 Å². The molecule has 1 saturated heterocycles. The molecule has 0 bridgehead atoms. The highest BCUT2D eigenvalue weighted by atomic mass is 16.5. The number of anilines is 1. The third-order valence-electron chi connectivity index (χ3n) is 5.23. The third-order valence-corrected chi connectivity index (χ3v) is 5.23. The average molecular weight is 393 g/mol. The van der Waals surface area contributed by atoms with Crippen LogP contribution in [0.25, 0.3) is 10.8 Å². The summed E-state index contributed by atoms with van der Waals surface area (Å²) in [7, 11) is 3.18. The van der Waals surface area contributed by atoms with Crippen LogP contribution in [-0.2, 0) is 7.05 Å². The van der Waals surface area contributed by atoms with Crippen molar-refractivity contribution in [2.24, 2.45) is 7.05 Å². The monoisotopic (exact) mass is 393 g/mol. The number of nitrogens with zero attached hydrogens (tertiary/aromatic N) is 5.